The fourth-order valence-electron chi connectivity index (χ4n) is 6.74. The van der Waals surface area contributed by atoms with Gasteiger partial charge >= 0.3 is 12.2 Å². The van der Waals surface area contributed by atoms with Gasteiger partial charge in [-0.2, -0.15) is 0 Å². The third-order valence-corrected chi connectivity index (χ3v) is 9.40. The Morgan fingerprint density at radius 1 is 0.648 bits per heavy atom. The number of benzene rings is 2. The zero-order valence-corrected chi connectivity index (χ0v) is 31.3. The molecule has 2 aromatic rings. The molecule has 4 heterocycles. The molecule has 0 radical (unpaired) electrons. The van der Waals surface area contributed by atoms with E-state index in [9.17, 15) is 27.2 Å². The Labute approximate surface area is 313 Å². The number of ether oxygens (including phenoxy) is 4. The maximum absolute atomic E-state index is 14.4. The van der Waals surface area contributed by atoms with E-state index in [1.807, 2.05) is 41.5 Å². The van der Waals surface area contributed by atoms with Crippen LogP contribution in [-0.2, 0) is 18.9 Å². The summed E-state index contributed by atoms with van der Waals surface area (Å²) in [5.74, 6) is -3.46. The van der Waals surface area contributed by atoms with Crippen molar-refractivity contribution in [1.82, 2.24) is 19.6 Å². The lowest BCUT2D eigenvalue weighted by molar-refractivity contribution is -0.0917. The van der Waals surface area contributed by atoms with Crippen LogP contribution in [0.5, 0.6) is 0 Å². The molecule has 4 aliphatic rings. The van der Waals surface area contributed by atoms with E-state index in [0.717, 1.165) is 12.1 Å². The Morgan fingerprint density at radius 3 is 1.35 bits per heavy atom. The molecule has 0 bridgehead atoms. The molecule has 0 saturated carbocycles. The van der Waals surface area contributed by atoms with Crippen LogP contribution >= 0.6 is 0 Å². The van der Waals surface area contributed by atoms with Crippen LogP contribution in [0.4, 0.5) is 38.5 Å². The van der Waals surface area contributed by atoms with Crippen molar-refractivity contribution in [3.8, 4) is 0 Å². The van der Waals surface area contributed by atoms with Crippen molar-refractivity contribution in [2.24, 2.45) is 0 Å². The highest BCUT2D eigenvalue weighted by molar-refractivity contribution is 5.69. The third-order valence-electron chi connectivity index (χ3n) is 9.40. The predicted octanol–water partition coefficient (Wildman–Crippen LogP) is 7.02. The second-order valence-electron chi connectivity index (χ2n) is 15.6. The summed E-state index contributed by atoms with van der Waals surface area (Å²) < 4.78 is 78.4. The predicted molar refractivity (Wildman–Crippen MR) is 189 cm³/mol. The average Bonchev–Trinajstić information content (AvgIpc) is 3.10. The van der Waals surface area contributed by atoms with Crippen LogP contribution in [0.1, 0.15) is 64.9 Å². The van der Waals surface area contributed by atoms with Crippen molar-refractivity contribution >= 4 is 23.6 Å². The van der Waals surface area contributed by atoms with Crippen molar-refractivity contribution in [2.75, 3.05) is 65.6 Å². The Morgan fingerprint density at radius 2 is 1.02 bits per heavy atom. The van der Waals surface area contributed by atoms with E-state index in [-0.39, 0.29) is 35.4 Å². The Bertz CT molecular complexity index is 1670. The molecule has 0 aliphatic carbocycles. The molecule has 4 aliphatic heterocycles. The lowest BCUT2D eigenvalue weighted by Crippen LogP contribution is -2.60. The Balaban J connectivity index is 0.000000208. The second kappa shape index (κ2) is 16.5. The molecule has 12 nitrogen and oxygen atoms in total. The molecule has 2 aromatic carbocycles. The van der Waals surface area contributed by atoms with E-state index in [1.54, 1.807) is 9.80 Å². The summed E-state index contributed by atoms with van der Waals surface area (Å²) in [7, 11) is 0. The van der Waals surface area contributed by atoms with Crippen molar-refractivity contribution in [3.05, 3.63) is 81.5 Å². The van der Waals surface area contributed by atoms with E-state index in [4.69, 9.17) is 32.1 Å². The number of halogens is 4. The van der Waals surface area contributed by atoms with Gasteiger partial charge < -0.3 is 28.7 Å². The van der Waals surface area contributed by atoms with Gasteiger partial charge in [-0.05, 0) is 53.7 Å². The minimum Gasteiger partial charge on any atom is -0.444 e. The Hall–Kier alpha value is -4.48. The van der Waals surface area contributed by atoms with Crippen LogP contribution in [0.2, 0.25) is 0 Å². The number of nitrogens with zero attached hydrogens (tertiary/aromatic N) is 6. The van der Waals surface area contributed by atoms with Crippen LogP contribution < -0.4 is 0 Å². The monoisotopic (exact) mass is 758 g/mol. The number of rotatable bonds is 2. The topological polar surface area (TPSA) is 92.7 Å². The minimum absolute atomic E-state index is 0.00800. The summed E-state index contributed by atoms with van der Waals surface area (Å²) in [6, 6.07) is 4.85. The van der Waals surface area contributed by atoms with Crippen LogP contribution in [-0.4, -0.2) is 121 Å². The number of hydrogen-bond acceptors (Lipinski definition) is 8. The molecular formula is C38H46F4N6O6. The first-order chi connectivity index (χ1) is 25.4. The number of hydrogen-bond donors (Lipinski definition) is 0. The maximum Gasteiger partial charge on any atom is 0.410 e. The third kappa shape index (κ3) is 9.60. The minimum atomic E-state index is -0.870. The van der Waals surface area contributed by atoms with Crippen LogP contribution in [0, 0.1) is 36.4 Å². The van der Waals surface area contributed by atoms with Crippen molar-refractivity contribution in [3.63, 3.8) is 0 Å². The number of fused-ring (bicyclic) bond motifs is 2. The van der Waals surface area contributed by atoms with Gasteiger partial charge in [-0.25, -0.2) is 36.8 Å². The highest BCUT2D eigenvalue weighted by Crippen LogP contribution is 2.35. The lowest BCUT2D eigenvalue weighted by atomic mass is 10.0. The fourth-order valence-corrected chi connectivity index (χ4v) is 6.74. The number of morpholine rings is 2. The molecule has 0 N–H and O–H groups in total. The summed E-state index contributed by atoms with van der Waals surface area (Å²) in [5.41, 5.74) is -1.93. The van der Waals surface area contributed by atoms with Gasteiger partial charge in [0.1, 0.15) is 34.5 Å². The highest BCUT2D eigenvalue weighted by atomic mass is 19.1. The van der Waals surface area contributed by atoms with E-state index >= 15 is 0 Å². The van der Waals surface area contributed by atoms with Crippen molar-refractivity contribution < 1.29 is 46.1 Å². The first kappa shape index (κ1) is 40.7. The number of amides is 2. The highest BCUT2D eigenvalue weighted by Gasteiger charge is 2.39. The van der Waals surface area contributed by atoms with Gasteiger partial charge in [-0.3, -0.25) is 9.80 Å². The van der Waals surface area contributed by atoms with Gasteiger partial charge in [0.05, 0.1) is 50.6 Å². The van der Waals surface area contributed by atoms with Crippen LogP contribution in [0.15, 0.2) is 24.3 Å². The van der Waals surface area contributed by atoms with Gasteiger partial charge in [-0.1, -0.05) is 12.1 Å². The molecule has 0 spiro atoms. The number of carbonyl (C=O) groups is 2. The van der Waals surface area contributed by atoms with E-state index < -0.39 is 58.1 Å². The maximum atomic E-state index is 14.4. The lowest BCUT2D eigenvalue weighted by Gasteiger charge is -2.46. The molecule has 4 atom stereocenters. The summed E-state index contributed by atoms with van der Waals surface area (Å²) in [4.78, 5) is 38.0. The fraction of sp³-hybridized carbons (Fsp3) is 0.579. The largest absolute Gasteiger partial charge is 0.444 e. The molecule has 2 amide bonds. The van der Waals surface area contributed by atoms with Crippen molar-refractivity contribution in [1.29, 1.82) is 0 Å². The molecule has 16 heteroatoms. The summed E-state index contributed by atoms with van der Waals surface area (Å²) in [6.07, 6.45) is -1.85. The van der Waals surface area contributed by atoms with E-state index in [0.29, 0.717) is 65.6 Å². The zero-order valence-electron chi connectivity index (χ0n) is 31.3. The molecule has 4 fully saturated rings. The molecule has 6 rings (SSSR count). The second-order valence-corrected chi connectivity index (χ2v) is 15.6. The summed E-state index contributed by atoms with van der Waals surface area (Å²) >= 11 is 0. The van der Waals surface area contributed by atoms with Crippen molar-refractivity contribution in [2.45, 2.75) is 77.0 Å². The standard InChI is InChI=1S/2C19H23F2N3O3/c2*1-19(2,3)27-18(25)24-8-7-23-10-15(26-11-12(23)9-24)13-5-6-14(20)17(22-4)16(13)21/h2*5-6,12,15H,7-11H2,1-3H3/t12-,15+;12-,15-/m11/s1. The molecule has 4 saturated heterocycles. The zero-order chi connectivity index (χ0) is 39.5. The molecule has 292 valence electrons. The Kier molecular flexibility index (Phi) is 12.4. The van der Waals surface area contributed by atoms with Crippen LogP contribution in [0.25, 0.3) is 9.69 Å². The summed E-state index contributed by atoms with van der Waals surface area (Å²) in [5, 5.41) is 0. The molecule has 0 aromatic heterocycles. The number of piperazine rings is 2. The average molecular weight is 759 g/mol. The molecule has 0 unspecified atom stereocenters. The van der Waals surface area contributed by atoms with Gasteiger partial charge in [0.2, 0.25) is 0 Å². The smallest absolute Gasteiger partial charge is 0.410 e. The van der Waals surface area contributed by atoms with E-state index in [2.05, 4.69) is 19.5 Å². The summed E-state index contributed by atoms with van der Waals surface area (Å²) in [6.45, 7) is 29.5. The normalized spacial score (nSPS) is 23.5. The van der Waals surface area contributed by atoms with Gasteiger partial charge in [0.25, 0.3) is 11.4 Å². The first-order valence-corrected chi connectivity index (χ1v) is 17.8. The molecule has 54 heavy (non-hydrogen) atoms. The van der Waals surface area contributed by atoms with Gasteiger partial charge in [-0.15, -0.1) is 0 Å². The van der Waals surface area contributed by atoms with Crippen LogP contribution in [0.3, 0.4) is 0 Å². The van der Waals surface area contributed by atoms with Gasteiger partial charge in [0, 0.05) is 63.5 Å². The quantitative estimate of drug-likeness (QED) is 0.239. The van der Waals surface area contributed by atoms with E-state index in [1.165, 1.54) is 12.1 Å². The SMILES string of the molecule is [C-]#[N+]c1c(F)ccc([C@@H]2CN3CCN(C(=O)OC(C)(C)C)C[C@@H]3CO2)c1F.[C-]#[N+]c1c(F)ccc([C@H]2CN3CCN(C(=O)OC(C)(C)C)C[C@@H]3CO2)c1F. The van der Waals surface area contributed by atoms with Gasteiger partial charge in [0.15, 0.2) is 0 Å². The molecular weight excluding hydrogens is 712 g/mol. The first-order valence-electron chi connectivity index (χ1n) is 17.8. The number of carbonyl (C=O) groups excluding carboxylic acids is 2.